The van der Waals surface area contributed by atoms with Gasteiger partial charge >= 0.3 is 32.7 Å². The van der Waals surface area contributed by atoms with Crippen LogP contribution in [-0.2, 0) is 24.1 Å². The van der Waals surface area contributed by atoms with Crippen LogP contribution >= 0.6 is 0 Å². The van der Waals surface area contributed by atoms with Crippen LogP contribution in [0, 0.1) is 0 Å². The van der Waals surface area contributed by atoms with Crippen molar-refractivity contribution in [1.29, 1.82) is 0 Å². The topological polar surface area (TPSA) is 184 Å². The number of nitrogens with two attached hydrogens (primary N) is 4. The van der Waals surface area contributed by atoms with Crippen LogP contribution in [0.3, 0.4) is 0 Å². The van der Waals surface area contributed by atoms with Gasteiger partial charge in [-0.1, -0.05) is 0 Å². The zero-order valence-electron chi connectivity index (χ0n) is 4.65. The monoisotopic (exact) mass is 223 g/mol. The molecule has 10 heavy (non-hydrogen) atoms. The molecule has 0 saturated carbocycles. The summed E-state index contributed by atoms with van der Waals surface area (Å²) in [4.78, 5) is 0. The molecule has 0 aromatic heterocycles. The van der Waals surface area contributed by atoms with E-state index < -0.39 is 24.1 Å². The first-order valence-corrected chi connectivity index (χ1v) is 4.87. The molecule has 0 heterocycles. The standard InChI is InChI=1S/Cu.4H2N.H2O4S/c;;;;;1-5(2,3)4/h;4*1H2;(H2,1,2,3,4)/q+6;4*-1;/p-2. The summed E-state index contributed by atoms with van der Waals surface area (Å²) in [6, 6.07) is 0. The Hall–Kier alpha value is 0.229. The molecule has 0 saturated heterocycles. The SMILES string of the molecule is O=S(=O)([O-])[O-].[NH2][Cu+2]([NH2])([NH2])[NH2]. The molecule has 10 heteroatoms. The Morgan fingerprint density at radius 3 is 1.00 bits per heavy atom. The fourth-order valence-corrected chi connectivity index (χ4v) is 0. The Kier molecular flexibility index (Phi) is 5.38. The average Bonchev–Trinajstić information content (AvgIpc) is 1.12. The maximum atomic E-state index is 8.52. The van der Waals surface area contributed by atoms with E-state index in [1.807, 2.05) is 0 Å². The molecule has 0 fully saturated rings. The van der Waals surface area contributed by atoms with Gasteiger partial charge in [0.2, 0.25) is 0 Å². The number of hydrogen-bond donors (Lipinski definition) is 4. The second-order valence-corrected chi connectivity index (χ2v) is 3.71. The second kappa shape index (κ2) is 4.18. The summed E-state index contributed by atoms with van der Waals surface area (Å²) in [7, 11) is -5.17. The van der Waals surface area contributed by atoms with Gasteiger partial charge in [-0.3, -0.25) is 8.42 Å². The number of hydrogen-bond acceptors (Lipinski definition) is 8. The predicted octanol–water partition coefficient (Wildman–Crippen LogP) is -3.70. The first kappa shape index (κ1) is 12.9. The van der Waals surface area contributed by atoms with E-state index in [0.717, 1.165) is 0 Å². The van der Waals surface area contributed by atoms with Gasteiger partial charge in [-0.2, -0.15) is 0 Å². The molecule has 0 unspecified atom stereocenters. The van der Waals surface area contributed by atoms with Crippen LogP contribution in [0.4, 0.5) is 0 Å². The first-order valence-electron chi connectivity index (χ1n) is 1.36. The van der Waals surface area contributed by atoms with Crippen LogP contribution < -0.4 is 19.0 Å². The van der Waals surface area contributed by atoms with Crippen molar-refractivity contribution in [2.24, 2.45) is 19.0 Å². The van der Waals surface area contributed by atoms with Crippen molar-refractivity contribution < 1.29 is 31.2 Å². The molecule has 8 nitrogen and oxygen atoms in total. The summed E-state index contributed by atoms with van der Waals surface area (Å²) in [5.41, 5.74) is 0. The summed E-state index contributed by atoms with van der Waals surface area (Å²) >= 11 is -2.12. The van der Waals surface area contributed by atoms with Crippen molar-refractivity contribution in [3.63, 3.8) is 0 Å². The molecule has 0 aliphatic rings. The van der Waals surface area contributed by atoms with Crippen LogP contribution in [0.1, 0.15) is 0 Å². The van der Waals surface area contributed by atoms with Crippen molar-refractivity contribution >= 4 is 10.4 Å². The normalized spacial score (nSPS) is 13.4. The van der Waals surface area contributed by atoms with Gasteiger partial charge in [0, 0.05) is 10.4 Å². The number of rotatable bonds is 0. The average molecular weight is 224 g/mol. The van der Waals surface area contributed by atoms with E-state index in [1.165, 1.54) is 0 Å². The molecule has 0 amide bonds. The fourth-order valence-electron chi connectivity index (χ4n) is 0. The van der Waals surface area contributed by atoms with Crippen LogP contribution in [0.5, 0.6) is 0 Å². The van der Waals surface area contributed by atoms with Gasteiger partial charge in [-0.05, 0) is 0 Å². The summed E-state index contributed by atoms with van der Waals surface area (Å²) in [6.45, 7) is 0. The summed E-state index contributed by atoms with van der Waals surface area (Å²) in [6.07, 6.45) is 0. The van der Waals surface area contributed by atoms with Crippen LogP contribution in [0.2, 0.25) is 0 Å². The van der Waals surface area contributed by atoms with E-state index in [1.54, 1.807) is 0 Å². The Morgan fingerprint density at radius 1 is 1.00 bits per heavy atom. The fraction of sp³-hybridized carbons (Fsp3) is 0. The van der Waals surface area contributed by atoms with Crippen LogP contribution in [-0.4, -0.2) is 17.5 Å². The van der Waals surface area contributed by atoms with Crippen molar-refractivity contribution in [3.05, 3.63) is 0 Å². The van der Waals surface area contributed by atoms with E-state index in [-0.39, 0.29) is 0 Å². The molecule has 69 valence electrons. The van der Waals surface area contributed by atoms with Gasteiger partial charge < -0.3 is 9.11 Å². The molecular weight excluding hydrogens is 216 g/mol. The summed E-state index contributed by atoms with van der Waals surface area (Å²) in [5, 5.41) is 0. The van der Waals surface area contributed by atoms with E-state index in [0.29, 0.717) is 0 Å². The van der Waals surface area contributed by atoms with E-state index in [4.69, 9.17) is 36.5 Å². The molecule has 0 spiro atoms. The third-order valence-corrected chi connectivity index (χ3v) is 0. The maximum absolute atomic E-state index is 8.52. The van der Waals surface area contributed by atoms with Gasteiger partial charge in [-0.15, -0.1) is 0 Å². The molecule has 0 aliphatic heterocycles. The quantitative estimate of drug-likeness (QED) is 0.184. The Balaban J connectivity index is 0. The molecule has 8 N–H and O–H groups in total. The Labute approximate surface area is 61.2 Å². The summed E-state index contributed by atoms with van der Waals surface area (Å²) in [5.74, 6) is 0. The minimum atomic E-state index is -5.17. The van der Waals surface area contributed by atoms with Gasteiger partial charge in [0.05, 0.1) is 0 Å². The third-order valence-electron chi connectivity index (χ3n) is 0. The zero-order chi connectivity index (χ0) is 9.00. The van der Waals surface area contributed by atoms with E-state index >= 15 is 0 Å². The Morgan fingerprint density at radius 2 is 1.00 bits per heavy atom. The molecule has 0 bridgehead atoms. The third kappa shape index (κ3) is 8170. The zero-order valence-corrected chi connectivity index (χ0v) is 6.41. The van der Waals surface area contributed by atoms with Gasteiger partial charge in [-0.25, -0.2) is 0 Å². The molecular formula is H8CuN4O4S. The molecule has 0 aromatic carbocycles. The van der Waals surface area contributed by atoms with Crippen molar-refractivity contribution in [2.45, 2.75) is 0 Å². The molecule has 0 rings (SSSR count). The first-order chi connectivity index (χ1) is 4.00. The van der Waals surface area contributed by atoms with E-state index in [2.05, 4.69) is 0 Å². The van der Waals surface area contributed by atoms with Crippen LogP contribution in [0.25, 0.3) is 0 Å². The molecule has 0 aliphatic carbocycles. The molecule has 0 atom stereocenters. The minimum absolute atomic E-state index is 2.12. The molecule has 0 radical (unpaired) electrons. The Bertz CT molecular complexity index is 152. The molecule has 0 aromatic rings. The second-order valence-electron chi connectivity index (χ2n) is 1.01. The van der Waals surface area contributed by atoms with E-state index in [9.17, 15) is 0 Å². The van der Waals surface area contributed by atoms with Gasteiger partial charge in [0.15, 0.2) is 0 Å². The predicted molar refractivity (Wildman–Crippen MR) is 27.2 cm³/mol. The summed E-state index contributed by atoms with van der Waals surface area (Å²) < 4.78 is 53.1. The van der Waals surface area contributed by atoms with Crippen LogP contribution in [0.15, 0.2) is 0 Å². The van der Waals surface area contributed by atoms with Crippen molar-refractivity contribution in [1.82, 2.24) is 0 Å². The van der Waals surface area contributed by atoms with Crippen molar-refractivity contribution in [3.8, 4) is 0 Å². The van der Waals surface area contributed by atoms with Gasteiger partial charge in [0.1, 0.15) is 0 Å². The van der Waals surface area contributed by atoms with Crippen molar-refractivity contribution in [2.75, 3.05) is 0 Å². The van der Waals surface area contributed by atoms with Gasteiger partial charge in [0.25, 0.3) is 0 Å².